The van der Waals surface area contributed by atoms with Gasteiger partial charge in [0.25, 0.3) is 0 Å². The summed E-state index contributed by atoms with van der Waals surface area (Å²) in [4.78, 5) is 0. The third-order valence-corrected chi connectivity index (χ3v) is 4.76. The molecular formula is C16H24Cl2O2S. The predicted molar refractivity (Wildman–Crippen MR) is 94.0 cm³/mol. The van der Waals surface area contributed by atoms with Gasteiger partial charge in [-0.1, -0.05) is 55.8 Å². The molecule has 1 unspecified atom stereocenters. The van der Waals surface area contributed by atoms with E-state index in [0.717, 1.165) is 5.75 Å². The molecule has 0 bridgehead atoms. The Morgan fingerprint density at radius 1 is 1.19 bits per heavy atom. The average Bonchev–Trinajstić information content (AvgIpc) is 2.45. The summed E-state index contributed by atoms with van der Waals surface area (Å²) in [5, 5.41) is 10.9. The average molecular weight is 351 g/mol. The van der Waals surface area contributed by atoms with Gasteiger partial charge in [0.2, 0.25) is 0 Å². The number of benzene rings is 1. The Morgan fingerprint density at radius 3 is 2.67 bits per heavy atom. The molecule has 0 aromatic heterocycles. The van der Waals surface area contributed by atoms with Gasteiger partial charge in [-0.25, -0.2) is 0 Å². The van der Waals surface area contributed by atoms with Gasteiger partial charge >= 0.3 is 0 Å². The first kappa shape index (κ1) is 19.0. The number of halogens is 2. The fourth-order valence-electron chi connectivity index (χ4n) is 1.85. The smallest absolute Gasteiger partial charge is 0.138 e. The highest BCUT2D eigenvalue weighted by Crippen LogP contribution is 2.27. The van der Waals surface area contributed by atoms with Crippen LogP contribution in [0.4, 0.5) is 0 Å². The van der Waals surface area contributed by atoms with E-state index in [1.165, 1.54) is 32.1 Å². The van der Waals surface area contributed by atoms with Crippen LogP contribution in [0.15, 0.2) is 18.2 Å². The Hall–Kier alpha value is -0.0900. The molecule has 0 aliphatic heterocycles. The quantitative estimate of drug-likeness (QED) is 0.539. The van der Waals surface area contributed by atoms with Crippen LogP contribution in [-0.4, -0.2) is 29.3 Å². The number of unbranched alkanes of at least 4 members (excludes halogenated alkanes) is 4. The highest BCUT2D eigenvalue weighted by Gasteiger charge is 2.08. The van der Waals surface area contributed by atoms with Crippen LogP contribution >= 0.6 is 35.0 Å². The number of rotatable bonds is 11. The van der Waals surface area contributed by atoms with Gasteiger partial charge in [-0.15, -0.1) is 0 Å². The standard InChI is InChI=1S/C16H24Cl2O2S/c1-2-3-4-5-6-9-21-12-14(19)11-20-16-8-7-13(17)10-15(16)18/h7-8,10,14,19H,2-6,9,11-12H2,1H3. The number of thioether (sulfide) groups is 1. The van der Waals surface area contributed by atoms with E-state index in [2.05, 4.69) is 6.92 Å². The highest BCUT2D eigenvalue weighted by atomic mass is 35.5. The molecule has 1 atom stereocenters. The molecular weight excluding hydrogens is 327 g/mol. The van der Waals surface area contributed by atoms with Crippen LogP contribution < -0.4 is 4.74 Å². The van der Waals surface area contributed by atoms with Gasteiger partial charge in [-0.2, -0.15) is 11.8 Å². The molecule has 0 saturated carbocycles. The van der Waals surface area contributed by atoms with Gasteiger partial charge in [-0.05, 0) is 30.4 Å². The monoisotopic (exact) mass is 350 g/mol. The SMILES string of the molecule is CCCCCCCSCC(O)COc1ccc(Cl)cc1Cl. The van der Waals surface area contributed by atoms with Crippen molar-refractivity contribution >= 4 is 35.0 Å². The molecule has 0 fully saturated rings. The first-order chi connectivity index (χ1) is 10.1. The second-order valence-corrected chi connectivity index (χ2v) is 7.02. The molecule has 21 heavy (non-hydrogen) atoms. The van der Waals surface area contributed by atoms with Crippen LogP contribution in [-0.2, 0) is 0 Å². The Balaban J connectivity index is 2.09. The van der Waals surface area contributed by atoms with Crippen molar-refractivity contribution < 1.29 is 9.84 Å². The lowest BCUT2D eigenvalue weighted by Crippen LogP contribution is -2.20. The Bertz CT molecular complexity index is 402. The number of ether oxygens (including phenoxy) is 1. The lowest BCUT2D eigenvalue weighted by Gasteiger charge is -2.13. The van der Waals surface area contributed by atoms with Crippen LogP contribution in [0, 0.1) is 0 Å². The van der Waals surface area contributed by atoms with Gasteiger partial charge in [0.05, 0.1) is 11.1 Å². The van der Waals surface area contributed by atoms with Crippen molar-refractivity contribution in [3.05, 3.63) is 28.2 Å². The lowest BCUT2D eigenvalue weighted by atomic mass is 10.2. The molecule has 0 saturated heterocycles. The van der Waals surface area contributed by atoms with Gasteiger partial charge in [0, 0.05) is 10.8 Å². The van der Waals surface area contributed by atoms with E-state index >= 15 is 0 Å². The largest absolute Gasteiger partial charge is 0.489 e. The molecule has 0 amide bonds. The Kier molecular flexibility index (Phi) is 10.4. The molecule has 1 N–H and O–H groups in total. The summed E-state index contributed by atoms with van der Waals surface area (Å²) in [7, 11) is 0. The maximum atomic E-state index is 9.88. The second-order valence-electron chi connectivity index (χ2n) is 5.03. The van der Waals surface area contributed by atoms with E-state index in [0.29, 0.717) is 21.5 Å². The predicted octanol–water partition coefficient (Wildman–Crippen LogP) is 5.44. The zero-order valence-corrected chi connectivity index (χ0v) is 14.8. The Morgan fingerprint density at radius 2 is 1.95 bits per heavy atom. The van der Waals surface area contributed by atoms with E-state index in [1.807, 2.05) is 0 Å². The fraction of sp³-hybridized carbons (Fsp3) is 0.625. The molecule has 2 nitrogen and oxygen atoms in total. The minimum Gasteiger partial charge on any atom is -0.489 e. The van der Waals surface area contributed by atoms with Gasteiger partial charge in [0.15, 0.2) is 0 Å². The molecule has 1 aromatic carbocycles. The first-order valence-electron chi connectivity index (χ1n) is 7.47. The topological polar surface area (TPSA) is 29.5 Å². The molecule has 0 heterocycles. The molecule has 0 aliphatic rings. The molecule has 120 valence electrons. The van der Waals surface area contributed by atoms with Gasteiger partial charge in [-0.3, -0.25) is 0 Å². The highest BCUT2D eigenvalue weighted by molar-refractivity contribution is 7.99. The second kappa shape index (κ2) is 11.5. The van der Waals surface area contributed by atoms with Crippen molar-refractivity contribution in [2.75, 3.05) is 18.1 Å². The van der Waals surface area contributed by atoms with Gasteiger partial charge < -0.3 is 9.84 Å². The van der Waals surface area contributed by atoms with Gasteiger partial charge in [0.1, 0.15) is 12.4 Å². The maximum absolute atomic E-state index is 9.88. The molecule has 1 aromatic rings. The third-order valence-electron chi connectivity index (χ3n) is 3.03. The molecule has 0 spiro atoms. The van der Waals surface area contributed by atoms with Crippen LogP contribution in [0.25, 0.3) is 0 Å². The zero-order valence-electron chi connectivity index (χ0n) is 12.5. The van der Waals surface area contributed by atoms with Crippen molar-refractivity contribution in [2.45, 2.75) is 45.1 Å². The van der Waals surface area contributed by atoms with Crippen molar-refractivity contribution in [3.63, 3.8) is 0 Å². The summed E-state index contributed by atoms with van der Waals surface area (Å²) < 4.78 is 5.51. The zero-order chi connectivity index (χ0) is 15.5. The van der Waals surface area contributed by atoms with E-state index in [-0.39, 0.29) is 6.61 Å². The van der Waals surface area contributed by atoms with Crippen LogP contribution in [0.1, 0.15) is 39.0 Å². The molecule has 1 rings (SSSR count). The number of aliphatic hydroxyl groups is 1. The molecule has 5 heteroatoms. The minimum atomic E-state index is -0.475. The summed E-state index contributed by atoms with van der Waals surface area (Å²) in [5.41, 5.74) is 0. The van der Waals surface area contributed by atoms with Crippen molar-refractivity contribution in [1.82, 2.24) is 0 Å². The Labute approximate surface area is 142 Å². The lowest BCUT2D eigenvalue weighted by molar-refractivity contribution is 0.126. The van der Waals surface area contributed by atoms with Crippen LogP contribution in [0.3, 0.4) is 0 Å². The van der Waals surface area contributed by atoms with Crippen LogP contribution in [0.5, 0.6) is 5.75 Å². The van der Waals surface area contributed by atoms with Crippen molar-refractivity contribution in [1.29, 1.82) is 0 Å². The maximum Gasteiger partial charge on any atom is 0.138 e. The van der Waals surface area contributed by atoms with E-state index < -0.39 is 6.10 Å². The van der Waals surface area contributed by atoms with Crippen molar-refractivity contribution in [2.24, 2.45) is 0 Å². The van der Waals surface area contributed by atoms with Crippen LogP contribution in [0.2, 0.25) is 10.0 Å². The fourth-order valence-corrected chi connectivity index (χ4v) is 3.26. The summed E-state index contributed by atoms with van der Waals surface area (Å²) >= 11 is 13.6. The number of aliphatic hydroxyl groups excluding tert-OH is 1. The molecule has 0 radical (unpaired) electrons. The third kappa shape index (κ3) is 8.82. The summed E-state index contributed by atoms with van der Waals surface area (Å²) in [6.07, 6.45) is 5.95. The van der Waals surface area contributed by atoms with Crippen molar-refractivity contribution in [3.8, 4) is 5.75 Å². The first-order valence-corrected chi connectivity index (χ1v) is 9.38. The minimum absolute atomic E-state index is 0.254. The normalized spacial score (nSPS) is 12.4. The summed E-state index contributed by atoms with van der Waals surface area (Å²) in [5.74, 6) is 2.35. The number of hydrogen-bond donors (Lipinski definition) is 1. The number of hydrogen-bond acceptors (Lipinski definition) is 3. The summed E-state index contributed by atoms with van der Waals surface area (Å²) in [6, 6.07) is 5.08. The van der Waals surface area contributed by atoms with E-state index in [1.54, 1.807) is 30.0 Å². The van der Waals surface area contributed by atoms with E-state index in [9.17, 15) is 5.11 Å². The summed E-state index contributed by atoms with van der Waals surface area (Å²) in [6.45, 7) is 2.47. The molecule has 0 aliphatic carbocycles. The van der Waals surface area contributed by atoms with E-state index in [4.69, 9.17) is 27.9 Å².